The first-order valence-corrected chi connectivity index (χ1v) is 13.5. The highest BCUT2D eigenvalue weighted by atomic mass is 32.2. The number of hydrogen-bond acceptors (Lipinski definition) is 7. The van der Waals surface area contributed by atoms with E-state index in [2.05, 4.69) is 11.0 Å². The molecule has 1 aliphatic heterocycles. The van der Waals surface area contributed by atoms with Gasteiger partial charge in [-0.3, -0.25) is 9.69 Å². The van der Waals surface area contributed by atoms with Crippen LogP contribution in [-0.2, 0) is 11.3 Å². The number of nitriles is 1. The molecule has 0 aromatic heterocycles. The third-order valence-corrected chi connectivity index (χ3v) is 7.32. The summed E-state index contributed by atoms with van der Waals surface area (Å²) in [5.74, 6) is 3.02. The van der Waals surface area contributed by atoms with Crippen molar-refractivity contribution in [3.8, 4) is 17.6 Å². The standard InChI is InChI=1S/C29H32N4O3S/c1-35-27-19-24(9-12-26(27)36-16-13-32-14-17-37-18-15-32)28(29(31)34)33(21-23-5-3-2-4-6-23)25-10-7-22(20-30)8-11-25/h2-12,19,28H,13-18,21H2,1H3,(H2,31,34). The highest BCUT2D eigenvalue weighted by molar-refractivity contribution is 7.99. The van der Waals surface area contributed by atoms with Gasteiger partial charge in [-0.15, -0.1) is 0 Å². The maximum atomic E-state index is 12.9. The Kier molecular flexibility index (Phi) is 9.30. The number of benzene rings is 3. The van der Waals surface area contributed by atoms with Crippen LogP contribution in [0.15, 0.2) is 72.8 Å². The van der Waals surface area contributed by atoms with Crippen LogP contribution >= 0.6 is 11.8 Å². The molecule has 1 saturated heterocycles. The fourth-order valence-corrected chi connectivity index (χ4v) is 5.40. The fraction of sp³-hybridized carbons (Fsp3) is 0.310. The third-order valence-electron chi connectivity index (χ3n) is 6.38. The van der Waals surface area contributed by atoms with Gasteiger partial charge >= 0.3 is 0 Å². The van der Waals surface area contributed by atoms with Crippen molar-refractivity contribution >= 4 is 23.4 Å². The molecule has 0 bridgehead atoms. The van der Waals surface area contributed by atoms with Crippen LogP contribution < -0.4 is 20.1 Å². The Morgan fingerprint density at radius 2 is 1.81 bits per heavy atom. The lowest BCUT2D eigenvalue weighted by Gasteiger charge is -2.32. The minimum absolute atomic E-state index is 0.453. The molecule has 1 unspecified atom stereocenters. The second-order valence-corrected chi connectivity index (χ2v) is 10.0. The molecule has 192 valence electrons. The Balaban J connectivity index is 1.60. The van der Waals surface area contributed by atoms with Crippen LogP contribution in [0.4, 0.5) is 5.69 Å². The summed E-state index contributed by atoms with van der Waals surface area (Å²) in [6.07, 6.45) is 0. The number of anilines is 1. The number of primary amides is 1. The van der Waals surface area contributed by atoms with Crippen molar-refractivity contribution in [2.24, 2.45) is 5.73 Å². The van der Waals surface area contributed by atoms with E-state index in [-0.39, 0.29) is 0 Å². The smallest absolute Gasteiger partial charge is 0.244 e. The van der Waals surface area contributed by atoms with Gasteiger partial charge in [0.15, 0.2) is 11.5 Å². The maximum Gasteiger partial charge on any atom is 0.244 e. The Bertz CT molecular complexity index is 1210. The van der Waals surface area contributed by atoms with E-state index in [1.807, 2.05) is 77.3 Å². The summed E-state index contributed by atoms with van der Waals surface area (Å²) in [5, 5.41) is 9.23. The van der Waals surface area contributed by atoms with E-state index < -0.39 is 11.9 Å². The molecule has 7 nitrogen and oxygen atoms in total. The second kappa shape index (κ2) is 13.0. The minimum Gasteiger partial charge on any atom is -0.493 e. The zero-order valence-corrected chi connectivity index (χ0v) is 21.8. The quantitative estimate of drug-likeness (QED) is 0.408. The molecule has 0 spiro atoms. The number of amides is 1. The number of ether oxygens (including phenoxy) is 2. The monoisotopic (exact) mass is 516 g/mol. The summed E-state index contributed by atoms with van der Waals surface area (Å²) in [6.45, 7) is 4.03. The molecule has 1 atom stereocenters. The van der Waals surface area contributed by atoms with E-state index >= 15 is 0 Å². The number of carbonyl (C=O) groups excluding carboxylic acids is 1. The molecule has 3 aromatic rings. The number of rotatable bonds is 11. The van der Waals surface area contributed by atoms with E-state index in [4.69, 9.17) is 15.2 Å². The predicted octanol–water partition coefficient (Wildman–Crippen LogP) is 4.23. The van der Waals surface area contributed by atoms with Crippen molar-refractivity contribution in [2.75, 3.05) is 49.8 Å². The lowest BCUT2D eigenvalue weighted by Crippen LogP contribution is -2.37. The molecule has 1 heterocycles. The minimum atomic E-state index is -0.762. The molecule has 0 radical (unpaired) electrons. The molecule has 0 saturated carbocycles. The summed E-state index contributed by atoms with van der Waals surface area (Å²) < 4.78 is 11.7. The van der Waals surface area contributed by atoms with Gasteiger partial charge in [-0.25, -0.2) is 0 Å². The number of nitrogens with two attached hydrogens (primary N) is 1. The average Bonchev–Trinajstić information content (AvgIpc) is 2.94. The molecule has 1 aliphatic rings. The van der Waals surface area contributed by atoms with Crippen molar-refractivity contribution in [3.63, 3.8) is 0 Å². The molecule has 0 aliphatic carbocycles. The van der Waals surface area contributed by atoms with Gasteiger partial charge in [0, 0.05) is 43.4 Å². The van der Waals surface area contributed by atoms with E-state index in [1.54, 1.807) is 19.2 Å². The zero-order chi connectivity index (χ0) is 26.0. The molecule has 8 heteroatoms. The molecule has 4 rings (SSSR count). The van der Waals surface area contributed by atoms with Gasteiger partial charge in [-0.2, -0.15) is 17.0 Å². The van der Waals surface area contributed by atoms with Crippen LogP contribution in [0.1, 0.15) is 22.7 Å². The lowest BCUT2D eigenvalue weighted by molar-refractivity contribution is -0.119. The number of hydrogen-bond donors (Lipinski definition) is 1. The van der Waals surface area contributed by atoms with Crippen LogP contribution in [0, 0.1) is 11.3 Å². The van der Waals surface area contributed by atoms with Crippen LogP contribution in [-0.4, -0.2) is 55.7 Å². The van der Waals surface area contributed by atoms with Crippen LogP contribution in [0.5, 0.6) is 11.5 Å². The number of thioether (sulfide) groups is 1. The Morgan fingerprint density at radius 1 is 1.08 bits per heavy atom. The maximum absolute atomic E-state index is 12.9. The van der Waals surface area contributed by atoms with Gasteiger partial charge in [0.2, 0.25) is 5.91 Å². The van der Waals surface area contributed by atoms with Gasteiger partial charge in [0.25, 0.3) is 0 Å². The first-order chi connectivity index (χ1) is 18.1. The zero-order valence-electron chi connectivity index (χ0n) is 21.0. The summed E-state index contributed by atoms with van der Waals surface area (Å²) in [7, 11) is 1.59. The van der Waals surface area contributed by atoms with Crippen molar-refractivity contribution in [1.82, 2.24) is 4.90 Å². The van der Waals surface area contributed by atoms with E-state index in [0.29, 0.717) is 35.8 Å². The van der Waals surface area contributed by atoms with E-state index in [1.165, 1.54) is 0 Å². The Hall–Kier alpha value is -3.67. The summed E-state index contributed by atoms with van der Waals surface area (Å²) in [5.41, 5.74) is 9.05. The molecule has 37 heavy (non-hydrogen) atoms. The highest BCUT2D eigenvalue weighted by Gasteiger charge is 2.28. The highest BCUT2D eigenvalue weighted by Crippen LogP contribution is 2.35. The number of carbonyl (C=O) groups is 1. The van der Waals surface area contributed by atoms with Gasteiger partial charge in [0.1, 0.15) is 12.6 Å². The van der Waals surface area contributed by atoms with Gasteiger partial charge in [-0.05, 0) is 47.5 Å². The number of methoxy groups -OCH3 is 1. The SMILES string of the molecule is COc1cc(C(C(N)=O)N(Cc2ccccc2)c2ccc(C#N)cc2)ccc1OCCN1CCSCC1. The van der Waals surface area contributed by atoms with Gasteiger partial charge in [0.05, 0.1) is 18.7 Å². The predicted molar refractivity (Wildman–Crippen MR) is 148 cm³/mol. The largest absolute Gasteiger partial charge is 0.493 e. The van der Waals surface area contributed by atoms with Crippen molar-refractivity contribution in [3.05, 3.63) is 89.5 Å². The molecule has 1 amide bonds. The van der Waals surface area contributed by atoms with Crippen molar-refractivity contribution < 1.29 is 14.3 Å². The van der Waals surface area contributed by atoms with Gasteiger partial charge in [-0.1, -0.05) is 36.4 Å². The first kappa shape index (κ1) is 26.4. The molecular weight excluding hydrogens is 484 g/mol. The normalized spacial score (nSPS) is 14.4. The van der Waals surface area contributed by atoms with Crippen molar-refractivity contribution in [1.29, 1.82) is 5.26 Å². The van der Waals surface area contributed by atoms with E-state index in [0.717, 1.165) is 42.4 Å². The summed E-state index contributed by atoms with van der Waals surface area (Å²) >= 11 is 1.99. The van der Waals surface area contributed by atoms with Crippen molar-refractivity contribution in [2.45, 2.75) is 12.6 Å². The Labute approximate surface area is 222 Å². The van der Waals surface area contributed by atoms with Crippen LogP contribution in [0.25, 0.3) is 0 Å². The average molecular weight is 517 g/mol. The molecule has 2 N–H and O–H groups in total. The number of nitrogens with zero attached hydrogens (tertiary/aromatic N) is 3. The second-order valence-electron chi connectivity index (χ2n) is 8.79. The topological polar surface area (TPSA) is 91.8 Å². The molecular formula is C29H32N4O3S. The van der Waals surface area contributed by atoms with Crippen LogP contribution in [0.3, 0.4) is 0 Å². The molecule has 1 fully saturated rings. The van der Waals surface area contributed by atoms with E-state index in [9.17, 15) is 10.1 Å². The van der Waals surface area contributed by atoms with Gasteiger partial charge < -0.3 is 20.1 Å². The summed E-state index contributed by atoms with van der Waals surface area (Å²) in [6, 6.07) is 24.0. The molecule has 3 aromatic carbocycles. The first-order valence-electron chi connectivity index (χ1n) is 12.3. The lowest BCUT2D eigenvalue weighted by atomic mass is 10.0. The van der Waals surface area contributed by atoms with Crippen LogP contribution in [0.2, 0.25) is 0 Å². The Morgan fingerprint density at radius 3 is 2.46 bits per heavy atom. The fourth-order valence-electron chi connectivity index (χ4n) is 4.42. The third kappa shape index (κ3) is 6.97. The summed E-state index contributed by atoms with van der Waals surface area (Å²) in [4.78, 5) is 17.3.